The lowest BCUT2D eigenvalue weighted by Gasteiger charge is -2.24. The molecule has 1 aromatic rings. The third-order valence-electron chi connectivity index (χ3n) is 4.48. The van der Waals surface area contributed by atoms with Crippen LogP contribution in [0.4, 0.5) is 9.59 Å². The number of amides is 2. The standard InChI is InChI=1S/C19H26N2O6/c1-19(2,3)27-17(23)20-13-9-21(15-14(22)11-25-16(13)15)18(24)26-10-12-7-5-4-6-8-12/h4-8,13-16,22H,9-11H2,1-3H3,(H,20,23)/t13-,14+,15-,16-/m1/s1. The van der Waals surface area contributed by atoms with Crippen molar-refractivity contribution in [3.05, 3.63) is 35.9 Å². The van der Waals surface area contributed by atoms with E-state index in [-0.39, 0.29) is 19.8 Å². The lowest BCUT2D eigenvalue weighted by Crippen LogP contribution is -2.46. The van der Waals surface area contributed by atoms with E-state index in [9.17, 15) is 14.7 Å². The summed E-state index contributed by atoms with van der Waals surface area (Å²) < 4.78 is 16.3. The maximum absolute atomic E-state index is 12.6. The third-order valence-corrected chi connectivity index (χ3v) is 4.48. The van der Waals surface area contributed by atoms with Crippen LogP contribution in [0.15, 0.2) is 30.3 Å². The largest absolute Gasteiger partial charge is 0.445 e. The summed E-state index contributed by atoms with van der Waals surface area (Å²) in [4.78, 5) is 26.1. The number of aliphatic hydroxyl groups is 1. The average molecular weight is 378 g/mol. The molecule has 0 aromatic heterocycles. The molecule has 3 rings (SSSR count). The maximum Gasteiger partial charge on any atom is 0.410 e. The Labute approximate surface area is 158 Å². The first kappa shape index (κ1) is 19.4. The second-order valence-electron chi connectivity index (χ2n) is 7.80. The van der Waals surface area contributed by atoms with Crippen molar-refractivity contribution in [1.82, 2.24) is 10.2 Å². The Morgan fingerprint density at radius 1 is 1.30 bits per heavy atom. The molecule has 148 valence electrons. The van der Waals surface area contributed by atoms with Crippen LogP contribution in [0.25, 0.3) is 0 Å². The molecule has 0 aliphatic carbocycles. The van der Waals surface area contributed by atoms with Crippen molar-refractivity contribution < 1.29 is 28.9 Å². The zero-order chi connectivity index (χ0) is 19.6. The molecule has 4 atom stereocenters. The quantitative estimate of drug-likeness (QED) is 0.830. The Balaban J connectivity index is 1.63. The number of hydrogen-bond acceptors (Lipinski definition) is 6. The van der Waals surface area contributed by atoms with Crippen molar-refractivity contribution in [2.45, 2.75) is 57.3 Å². The highest BCUT2D eigenvalue weighted by Gasteiger charge is 2.53. The minimum atomic E-state index is -0.829. The molecule has 0 spiro atoms. The molecule has 0 unspecified atom stereocenters. The van der Waals surface area contributed by atoms with Crippen molar-refractivity contribution in [2.24, 2.45) is 0 Å². The number of rotatable bonds is 3. The predicted octanol–water partition coefficient (Wildman–Crippen LogP) is 1.66. The molecule has 27 heavy (non-hydrogen) atoms. The molecule has 2 aliphatic rings. The van der Waals surface area contributed by atoms with Crippen LogP contribution in [0.3, 0.4) is 0 Å². The van der Waals surface area contributed by atoms with Crippen LogP contribution in [-0.2, 0) is 20.8 Å². The summed E-state index contributed by atoms with van der Waals surface area (Å²) >= 11 is 0. The van der Waals surface area contributed by atoms with Gasteiger partial charge in [-0.25, -0.2) is 9.59 Å². The van der Waals surface area contributed by atoms with E-state index in [2.05, 4.69) is 5.32 Å². The van der Waals surface area contributed by atoms with Crippen LogP contribution in [0.2, 0.25) is 0 Å². The van der Waals surface area contributed by atoms with Crippen LogP contribution >= 0.6 is 0 Å². The number of aliphatic hydroxyl groups excluding tert-OH is 1. The number of alkyl carbamates (subject to hydrolysis) is 1. The Morgan fingerprint density at radius 2 is 2.00 bits per heavy atom. The van der Waals surface area contributed by atoms with Gasteiger partial charge in [-0.2, -0.15) is 0 Å². The normalized spacial score (nSPS) is 27.2. The summed E-state index contributed by atoms with van der Waals surface area (Å²) in [6.07, 6.45) is -2.47. The smallest absolute Gasteiger partial charge is 0.410 e. The molecule has 0 bridgehead atoms. The van der Waals surface area contributed by atoms with Crippen LogP contribution in [-0.4, -0.2) is 65.2 Å². The number of benzene rings is 1. The van der Waals surface area contributed by atoms with Crippen LogP contribution in [0, 0.1) is 0 Å². The van der Waals surface area contributed by atoms with Crippen molar-refractivity contribution >= 4 is 12.2 Å². The van der Waals surface area contributed by atoms with E-state index >= 15 is 0 Å². The lowest BCUT2D eigenvalue weighted by atomic mass is 10.1. The van der Waals surface area contributed by atoms with Gasteiger partial charge in [0.2, 0.25) is 0 Å². The van der Waals surface area contributed by atoms with Crippen molar-refractivity contribution in [3.8, 4) is 0 Å². The highest BCUT2D eigenvalue weighted by Crippen LogP contribution is 2.30. The Kier molecular flexibility index (Phi) is 5.57. The summed E-state index contributed by atoms with van der Waals surface area (Å²) in [7, 11) is 0. The third kappa shape index (κ3) is 4.70. The first-order valence-electron chi connectivity index (χ1n) is 9.01. The number of likely N-dealkylation sites (tertiary alicyclic amines) is 1. The Hall–Kier alpha value is -2.32. The predicted molar refractivity (Wildman–Crippen MR) is 96.0 cm³/mol. The van der Waals surface area contributed by atoms with Gasteiger partial charge in [-0.15, -0.1) is 0 Å². The number of nitrogens with one attached hydrogen (secondary N) is 1. The SMILES string of the molecule is CC(C)(C)OC(=O)N[C@@H]1CN(C(=O)OCc2ccccc2)[C@H]2[C@@H]1OC[C@@H]2O. The van der Waals surface area contributed by atoms with Crippen molar-refractivity contribution in [2.75, 3.05) is 13.2 Å². The van der Waals surface area contributed by atoms with E-state index in [1.165, 1.54) is 4.90 Å². The van der Waals surface area contributed by atoms with E-state index in [4.69, 9.17) is 14.2 Å². The van der Waals surface area contributed by atoms with Crippen molar-refractivity contribution in [3.63, 3.8) is 0 Å². The van der Waals surface area contributed by atoms with Gasteiger partial charge >= 0.3 is 12.2 Å². The first-order valence-corrected chi connectivity index (χ1v) is 9.01. The number of fused-ring (bicyclic) bond motifs is 1. The highest BCUT2D eigenvalue weighted by molar-refractivity contribution is 5.71. The number of nitrogens with zero attached hydrogens (tertiary/aromatic N) is 1. The molecule has 2 aliphatic heterocycles. The summed E-state index contributed by atoms with van der Waals surface area (Å²) in [6, 6.07) is 8.30. The van der Waals surface area contributed by atoms with Crippen LogP contribution in [0.5, 0.6) is 0 Å². The number of hydrogen-bond donors (Lipinski definition) is 2. The van der Waals surface area contributed by atoms with E-state index in [1.807, 2.05) is 30.3 Å². The van der Waals surface area contributed by atoms with Gasteiger partial charge in [-0.05, 0) is 26.3 Å². The minimum Gasteiger partial charge on any atom is -0.445 e. The minimum absolute atomic E-state index is 0.101. The molecular formula is C19H26N2O6. The summed E-state index contributed by atoms with van der Waals surface area (Å²) in [5.41, 5.74) is 0.236. The summed E-state index contributed by atoms with van der Waals surface area (Å²) in [6.45, 7) is 5.73. The van der Waals surface area contributed by atoms with E-state index in [0.29, 0.717) is 0 Å². The molecule has 2 heterocycles. The second-order valence-corrected chi connectivity index (χ2v) is 7.80. The van der Waals surface area contributed by atoms with Gasteiger partial charge in [0.05, 0.1) is 18.7 Å². The number of carbonyl (C=O) groups is 2. The first-order chi connectivity index (χ1) is 12.7. The van der Waals surface area contributed by atoms with Gasteiger partial charge in [0.25, 0.3) is 0 Å². The monoisotopic (exact) mass is 378 g/mol. The molecule has 2 fully saturated rings. The molecule has 8 nitrogen and oxygen atoms in total. The topological polar surface area (TPSA) is 97.3 Å². The number of ether oxygens (including phenoxy) is 3. The molecule has 2 amide bonds. The summed E-state index contributed by atoms with van der Waals surface area (Å²) in [5, 5.41) is 13.0. The zero-order valence-electron chi connectivity index (χ0n) is 15.8. The van der Waals surface area contributed by atoms with E-state index in [0.717, 1.165) is 5.56 Å². The van der Waals surface area contributed by atoms with Gasteiger partial charge in [0, 0.05) is 6.54 Å². The fourth-order valence-corrected chi connectivity index (χ4v) is 3.39. The van der Waals surface area contributed by atoms with Gasteiger partial charge in [-0.3, -0.25) is 4.90 Å². The van der Waals surface area contributed by atoms with Crippen LogP contribution in [0.1, 0.15) is 26.3 Å². The van der Waals surface area contributed by atoms with Gasteiger partial charge < -0.3 is 24.6 Å². The molecule has 0 radical (unpaired) electrons. The zero-order valence-corrected chi connectivity index (χ0v) is 15.8. The maximum atomic E-state index is 12.6. The molecule has 2 N–H and O–H groups in total. The molecule has 0 saturated carbocycles. The molecule has 8 heteroatoms. The van der Waals surface area contributed by atoms with Crippen molar-refractivity contribution in [1.29, 1.82) is 0 Å². The Bertz CT molecular complexity index is 675. The Morgan fingerprint density at radius 3 is 2.67 bits per heavy atom. The number of carbonyl (C=O) groups excluding carboxylic acids is 2. The van der Waals surface area contributed by atoms with Crippen LogP contribution < -0.4 is 5.32 Å². The van der Waals surface area contributed by atoms with Gasteiger partial charge in [0.15, 0.2) is 0 Å². The molecular weight excluding hydrogens is 352 g/mol. The second kappa shape index (κ2) is 7.74. The average Bonchev–Trinajstić information content (AvgIpc) is 3.14. The lowest BCUT2D eigenvalue weighted by molar-refractivity contribution is 0.0384. The highest BCUT2D eigenvalue weighted by atomic mass is 16.6. The molecule has 1 aromatic carbocycles. The van der Waals surface area contributed by atoms with E-state index in [1.54, 1.807) is 20.8 Å². The fourth-order valence-electron chi connectivity index (χ4n) is 3.39. The van der Waals surface area contributed by atoms with Gasteiger partial charge in [-0.1, -0.05) is 30.3 Å². The molecule has 2 saturated heterocycles. The van der Waals surface area contributed by atoms with Gasteiger partial charge in [0.1, 0.15) is 24.4 Å². The van der Waals surface area contributed by atoms with E-state index < -0.39 is 42.1 Å². The fraction of sp³-hybridized carbons (Fsp3) is 0.579. The summed E-state index contributed by atoms with van der Waals surface area (Å²) in [5.74, 6) is 0.